The lowest BCUT2D eigenvalue weighted by molar-refractivity contribution is -0.131. The number of hydrogen-bond acceptors (Lipinski definition) is 4. The molecule has 0 saturated heterocycles. The first-order valence-electron chi connectivity index (χ1n) is 8.42. The van der Waals surface area contributed by atoms with Crippen LogP contribution < -0.4 is 10.2 Å². The van der Waals surface area contributed by atoms with E-state index in [1.54, 1.807) is 18.0 Å². The van der Waals surface area contributed by atoms with E-state index >= 15 is 0 Å². The van der Waals surface area contributed by atoms with Crippen molar-refractivity contribution in [3.63, 3.8) is 0 Å². The maximum absolute atomic E-state index is 12.9. The highest BCUT2D eigenvalue weighted by Gasteiger charge is 2.48. The van der Waals surface area contributed by atoms with E-state index in [2.05, 4.69) is 10.4 Å². The van der Waals surface area contributed by atoms with Crippen LogP contribution in [0.5, 0.6) is 0 Å². The van der Waals surface area contributed by atoms with Gasteiger partial charge in [-0.25, -0.2) is 0 Å². The van der Waals surface area contributed by atoms with Crippen molar-refractivity contribution in [2.75, 3.05) is 18.0 Å². The molecule has 1 unspecified atom stereocenters. The number of nitrogens with zero attached hydrogens (tertiary/aromatic N) is 3. The van der Waals surface area contributed by atoms with Crippen molar-refractivity contribution in [1.29, 1.82) is 0 Å². The summed E-state index contributed by atoms with van der Waals surface area (Å²) in [6.45, 7) is 5.41. The number of nitrogens with one attached hydrogen (secondary N) is 1. The molecule has 1 aliphatic rings. The van der Waals surface area contributed by atoms with E-state index in [1.807, 2.05) is 48.1 Å². The van der Waals surface area contributed by atoms with Gasteiger partial charge in [0.1, 0.15) is 0 Å². The maximum Gasteiger partial charge on any atom is 0.252 e. The SMILES string of the molecule is CCN1C(=O)C(C)(C(=O)NCCCn2cccn2)Sc2ccccc21. The van der Waals surface area contributed by atoms with Gasteiger partial charge in [0.2, 0.25) is 5.91 Å². The summed E-state index contributed by atoms with van der Waals surface area (Å²) < 4.78 is 0.680. The van der Waals surface area contributed by atoms with Gasteiger partial charge in [0.05, 0.1) is 5.69 Å². The van der Waals surface area contributed by atoms with Crippen molar-refractivity contribution in [2.45, 2.75) is 36.5 Å². The minimum Gasteiger partial charge on any atom is -0.354 e. The van der Waals surface area contributed by atoms with E-state index in [9.17, 15) is 9.59 Å². The number of carbonyl (C=O) groups is 2. The molecule has 1 aliphatic heterocycles. The molecule has 0 radical (unpaired) electrons. The fourth-order valence-corrected chi connectivity index (χ4v) is 4.13. The van der Waals surface area contributed by atoms with Gasteiger partial charge in [-0.2, -0.15) is 5.10 Å². The zero-order valence-corrected chi connectivity index (χ0v) is 15.3. The first-order valence-corrected chi connectivity index (χ1v) is 9.23. The second kappa shape index (κ2) is 7.31. The molecule has 3 rings (SSSR count). The van der Waals surface area contributed by atoms with Crippen LogP contribution >= 0.6 is 11.8 Å². The van der Waals surface area contributed by atoms with Crippen LogP contribution in [0.2, 0.25) is 0 Å². The Morgan fingerprint density at radius 2 is 2.12 bits per heavy atom. The third kappa shape index (κ3) is 3.42. The van der Waals surface area contributed by atoms with Gasteiger partial charge in [-0.15, -0.1) is 0 Å². The third-order valence-electron chi connectivity index (χ3n) is 4.28. The van der Waals surface area contributed by atoms with E-state index in [1.165, 1.54) is 11.8 Å². The average molecular weight is 358 g/mol. The number of thioether (sulfide) groups is 1. The highest BCUT2D eigenvalue weighted by Crippen LogP contribution is 2.45. The Morgan fingerprint density at radius 3 is 2.84 bits per heavy atom. The summed E-state index contributed by atoms with van der Waals surface area (Å²) in [5, 5.41) is 7.05. The molecule has 7 heteroatoms. The van der Waals surface area contributed by atoms with Crippen molar-refractivity contribution in [2.24, 2.45) is 0 Å². The largest absolute Gasteiger partial charge is 0.354 e. The summed E-state index contributed by atoms with van der Waals surface area (Å²) in [7, 11) is 0. The van der Waals surface area contributed by atoms with Gasteiger partial charge in [0, 0.05) is 36.9 Å². The number of aromatic nitrogens is 2. The quantitative estimate of drug-likeness (QED) is 0.636. The van der Waals surface area contributed by atoms with Crippen molar-refractivity contribution in [3.8, 4) is 0 Å². The Bertz CT molecular complexity index is 762. The highest BCUT2D eigenvalue weighted by atomic mass is 32.2. The van der Waals surface area contributed by atoms with Gasteiger partial charge < -0.3 is 10.2 Å². The molecule has 6 nitrogen and oxygen atoms in total. The monoisotopic (exact) mass is 358 g/mol. The lowest BCUT2D eigenvalue weighted by Gasteiger charge is -2.38. The number of benzene rings is 1. The van der Waals surface area contributed by atoms with E-state index in [-0.39, 0.29) is 11.8 Å². The first kappa shape index (κ1) is 17.5. The van der Waals surface area contributed by atoms with Crippen LogP contribution in [0, 0.1) is 0 Å². The van der Waals surface area contributed by atoms with Crippen molar-refractivity contribution in [3.05, 3.63) is 42.7 Å². The molecule has 1 N–H and O–H groups in total. The molecule has 0 bridgehead atoms. The number of fused-ring (bicyclic) bond motifs is 1. The van der Waals surface area contributed by atoms with Crippen molar-refractivity contribution in [1.82, 2.24) is 15.1 Å². The predicted octanol–water partition coefficient (Wildman–Crippen LogP) is 2.31. The molecule has 1 aromatic carbocycles. The molecule has 25 heavy (non-hydrogen) atoms. The second-order valence-corrected chi connectivity index (χ2v) is 7.49. The molecule has 2 amide bonds. The van der Waals surface area contributed by atoms with Crippen LogP contribution in [0.15, 0.2) is 47.6 Å². The average Bonchev–Trinajstić information content (AvgIpc) is 3.13. The molecule has 1 aromatic heterocycles. The fourth-order valence-electron chi connectivity index (χ4n) is 2.90. The Hall–Kier alpha value is -2.28. The van der Waals surface area contributed by atoms with Gasteiger partial charge in [-0.1, -0.05) is 23.9 Å². The van der Waals surface area contributed by atoms with Crippen LogP contribution in [0.25, 0.3) is 0 Å². The van der Waals surface area contributed by atoms with E-state index in [0.717, 1.165) is 23.5 Å². The van der Waals surface area contributed by atoms with E-state index in [4.69, 9.17) is 0 Å². The van der Waals surface area contributed by atoms with Gasteiger partial charge in [0.15, 0.2) is 4.75 Å². The zero-order chi connectivity index (χ0) is 17.9. The molecule has 0 spiro atoms. The van der Waals surface area contributed by atoms with Gasteiger partial charge in [0.25, 0.3) is 5.91 Å². The Labute approximate surface area is 151 Å². The zero-order valence-electron chi connectivity index (χ0n) is 14.4. The number of rotatable bonds is 6. The van der Waals surface area contributed by atoms with Crippen LogP contribution in [-0.2, 0) is 16.1 Å². The molecular weight excluding hydrogens is 336 g/mol. The minimum atomic E-state index is -1.14. The smallest absolute Gasteiger partial charge is 0.252 e. The minimum absolute atomic E-state index is 0.164. The number of amides is 2. The summed E-state index contributed by atoms with van der Waals surface area (Å²) in [5.41, 5.74) is 0.879. The molecule has 1 atom stereocenters. The van der Waals surface area contributed by atoms with E-state index < -0.39 is 4.75 Å². The summed E-state index contributed by atoms with van der Waals surface area (Å²) in [4.78, 5) is 28.3. The number of anilines is 1. The van der Waals surface area contributed by atoms with Crippen LogP contribution in [0.3, 0.4) is 0 Å². The lowest BCUT2D eigenvalue weighted by atomic mass is 10.1. The molecule has 0 fully saturated rings. The van der Waals surface area contributed by atoms with Gasteiger partial charge >= 0.3 is 0 Å². The summed E-state index contributed by atoms with van der Waals surface area (Å²) >= 11 is 1.33. The van der Waals surface area contributed by atoms with Crippen LogP contribution in [0.4, 0.5) is 5.69 Å². The highest BCUT2D eigenvalue weighted by molar-refractivity contribution is 8.02. The lowest BCUT2D eigenvalue weighted by Crippen LogP contribution is -2.56. The number of para-hydroxylation sites is 1. The first-order chi connectivity index (χ1) is 12.1. The summed E-state index contributed by atoms with van der Waals surface area (Å²) in [5.74, 6) is -0.404. The molecule has 0 aliphatic carbocycles. The Kier molecular flexibility index (Phi) is 5.13. The summed E-state index contributed by atoms with van der Waals surface area (Å²) in [6.07, 6.45) is 4.38. The number of hydrogen-bond donors (Lipinski definition) is 1. The summed E-state index contributed by atoms with van der Waals surface area (Å²) in [6, 6.07) is 9.59. The topological polar surface area (TPSA) is 67.2 Å². The second-order valence-electron chi connectivity index (χ2n) is 6.03. The van der Waals surface area contributed by atoms with Gasteiger partial charge in [-0.05, 0) is 38.5 Å². The third-order valence-corrected chi connectivity index (χ3v) is 5.62. The number of aryl methyl sites for hydroxylation is 1. The van der Waals surface area contributed by atoms with Crippen LogP contribution in [0.1, 0.15) is 20.3 Å². The van der Waals surface area contributed by atoms with Crippen molar-refractivity contribution < 1.29 is 9.59 Å². The van der Waals surface area contributed by atoms with E-state index in [0.29, 0.717) is 13.1 Å². The predicted molar refractivity (Wildman–Crippen MR) is 98.6 cm³/mol. The standard InChI is InChI=1S/C18H22N4O2S/c1-3-22-14-8-4-5-9-15(14)25-18(2,17(22)24)16(23)19-10-6-12-21-13-7-11-20-21/h4-5,7-9,11,13H,3,6,10,12H2,1-2H3,(H,19,23). The molecular formula is C18H22N4O2S. The molecule has 132 valence electrons. The molecule has 0 saturated carbocycles. The Balaban J connectivity index is 1.67. The molecule has 2 aromatic rings. The molecule has 2 heterocycles. The Morgan fingerprint density at radius 1 is 1.32 bits per heavy atom. The maximum atomic E-state index is 12.9. The fraction of sp³-hybridized carbons (Fsp3) is 0.389. The van der Waals surface area contributed by atoms with Crippen molar-refractivity contribution >= 4 is 29.3 Å². The van der Waals surface area contributed by atoms with Crippen LogP contribution in [-0.4, -0.2) is 39.4 Å². The number of carbonyl (C=O) groups excluding carboxylic acids is 2. The van der Waals surface area contributed by atoms with Gasteiger partial charge in [-0.3, -0.25) is 14.3 Å². The normalized spacial score (nSPS) is 19.6.